The van der Waals surface area contributed by atoms with E-state index in [9.17, 15) is 9.18 Å². The molecule has 1 aliphatic heterocycles. The van der Waals surface area contributed by atoms with Gasteiger partial charge in [-0.3, -0.25) is 14.4 Å². The Morgan fingerprint density at radius 1 is 1.11 bits per heavy atom. The molecule has 0 N–H and O–H groups in total. The zero-order valence-corrected chi connectivity index (χ0v) is 16.3. The number of fused-ring (bicyclic) bond motifs is 1. The Morgan fingerprint density at radius 3 is 2.68 bits per heavy atom. The third-order valence-electron chi connectivity index (χ3n) is 5.19. The van der Waals surface area contributed by atoms with Crippen LogP contribution in [-0.2, 0) is 17.9 Å². The van der Waals surface area contributed by atoms with E-state index in [0.717, 1.165) is 29.6 Å². The highest BCUT2D eigenvalue weighted by Gasteiger charge is 2.21. The second-order valence-corrected chi connectivity index (χ2v) is 7.48. The molecule has 7 heteroatoms. The molecule has 2 aromatic carbocycles. The van der Waals surface area contributed by atoms with Crippen LogP contribution >= 0.6 is 11.6 Å². The molecule has 3 aromatic rings. The van der Waals surface area contributed by atoms with E-state index in [0.29, 0.717) is 37.6 Å². The molecule has 0 aliphatic carbocycles. The van der Waals surface area contributed by atoms with Gasteiger partial charge in [-0.25, -0.2) is 4.39 Å². The smallest absolute Gasteiger partial charge is 0.224 e. The summed E-state index contributed by atoms with van der Waals surface area (Å²) in [6, 6.07) is 12.4. The molecule has 1 aliphatic rings. The summed E-state index contributed by atoms with van der Waals surface area (Å²) < 4.78 is 15.2. The van der Waals surface area contributed by atoms with Crippen LogP contribution in [0.5, 0.6) is 0 Å². The van der Waals surface area contributed by atoms with Gasteiger partial charge in [0.1, 0.15) is 5.82 Å². The highest BCUT2D eigenvalue weighted by Crippen LogP contribution is 2.23. The van der Waals surface area contributed by atoms with Crippen molar-refractivity contribution in [2.75, 3.05) is 26.2 Å². The molecule has 0 unspecified atom stereocenters. The van der Waals surface area contributed by atoms with Crippen LogP contribution < -0.4 is 0 Å². The van der Waals surface area contributed by atoms with Crippen LogP contribution in [0.1, 0.15) is 12.0 Å². The van der Waals surface area contributed by atoms with Gasteiger partial charge in [-0.05, 0) is 29.8 Å². The SMILES string of the molecule is O=C(CCn1ncc2c(Cl)cccc21)N1CCN(Cc2cccc(F)c2)CC1. The molecule has 5 nitrogen and oxygen atoms in total. The molecule has 4 rings (SSSR count). The minimum absolute atomic E-state index is 0.135. The molecule has 0 radical (unpaired) electrons. The number of hydrogen-bond acceptors (Lipinski definition) is 3. The average molecular weight is 401 g/mol. The fourth-order valence-corrected chi connectivity index (χ4v) is 3.87. The van der Waals surface area contributed by atoms with E-state index in [1.54, 1.807) is 18.3 Å². The second-order valence-electron chi connectivity index (χ2n) is 7.08. The summed E-state index contributed by atoms with van der Waals surface area (Å²) in [7, 11) is 0. The van der Waals surface area contributed by atoms with E-state index >= 15 is 0 Å². The predicted octanol–water partition coefficient (Wildman–Crippen LogP) is 3.56. The van der Waals surface area contributed by atoms with E-state index in [2.05, 4.69) is 10.00 Å². The van der Waals surface area contributed by atoms with Crippen LogP contribution in [-0.4, -0.2) is 51.7 Å². The summed E-state index contributed by atoms with van der Waals surface area (Å²) in [6.45, 7) is 4.22. The number of amides is 1. The Morgan fingerprint density at radius 2 is 1.89 bits per heavy atom. The van der Waals surface area contributed by atoms with Crippen molar-refractivity contribution < 1.29 is 9.18 Å². The monoisotopic (exact) mass is 400 g/mol. The Bertz CT molecular complexity index is 981. The maximum absolute atomic E-state index is 13.3. The fraction of sp³-hybridized carbons (Fsp3) is 0.333. The highest BCUT2D eigenvalue weighted by molar-refractivity contribution is 6.35. The molecular formula is C21H22ClFN4O. The van der Waals surface area contributed by atoms with Crippen molar-refractivity contribution in [1.82, 2.24) is 19.6 Å². The van der Waals surface area contributed by atoms with Crippen molar-refractivity contribution in [3.8, 4) is 0 Å². The topological polar surface area (TPSA) is 41.4 Å². The normalized spacial score (nSPS) is 15.3. The van der Waals surface area contributed by atoms with Crippen molar-refractivity contribution in [1.29, 1.82) is 0 Å². The minimum Gasteiger partial charge on any atom is -0.340 e. The third kappa shape index (κ3) is 4.18. The molecule has 146 valence electrons. The van der Waals surface area contributed by atoms with Gasteiger partial charge in [0.05, 0.1) is 23.3 Å². The average Bonchev–Trinajstić information content (AvgIpc) is 3.11. The molecule has 2 heterocycles. The Balaban J connectivity index is 1.28. The van der Waals surface area contributed by atoms with Crippen molar-refractivity contribution >= 4 is 28.4 Å². The van der Waals surface area contributed by atoms with Crippen molar-refractivity contribution in [3.05, 3.63) is 65.1 Å². The predicted molar refractivity (Wildman–Crippen MR) is 108 cm³/mol. The molecule has 1 amide bonds. The first-order chi connectivity index (χ1) is 13.6. The van der Waals surface area contributed by atoms with Gasteiger partial charge in [0.15, 0.2) is 0 Å². The Labute approximate surface area is 168 Å². The van der Waals surface area contributed by atoms with Gasteiger partial charge in [-0.1, -0.05) is 29.8 Å². The van der Waals surface area contributed by atoms with E-state index in [1.165, 1.54) is 6.07 Å². The molecule has 0 atom stereocenters. The zero-order chi connectivity index (χ0) is 19.5. The fourth-order valence-electron chi connectivity index (χ4n) is 3.65. The summed E-state index contributed by atoms with van der Waals surface area (Å²) in [5.41, 5.74) is 1.91. The lowest BCUT2D eigenvalue weighted by atomic mass is 10.2. The lowest BCUT2D eigenvalue weighted by Gasteiger charge is -2.34. The number of aryl methyl sites for hydroxylation is 1. The van der Waals surface area contributed by atoms with Crippen LogP contribution in [0.4, 0.5) is 4.39 Å². The number of rotatable bonds is 5. The van der Waals surface area contributed by atoms with Crippen LogP contribution in [0.2, 0.25) is 5.02 Å². The maximum Gasteiger partial charge on any atom is 0.224 e. The van der Waals surface area contributed by atoms with Gasteiger partial charge in [0, 0.05) is 44.5 Å². The highest BCUT2D eigenvalue weighted by atomic mass is 35.5. The van der Waals surface area contributed by atoms with Gasteiger partial charge < -0.3 is 4.90 Å². The summed E-state index contributed by atoms with van der Waals surface area (Å²) in [6.07, 6.45) is 2.15. The number of hydrogen-bond donors (Lipinski definition) is 0. The summed E-state index contributed by atoms with van der Waals surface area (Å²) in [4.78, 5) is 16.8. The van der Waals surface area contributed by atoms with Crippen molar-refractivity contribution in [2.24, 2.45) is 0 Å². The molecule has 0 spiro atoms. The first-order valence-electron chi connectivity index (χ1n) is 9.45. The molecule has 0 bridgehead atoms. The van der Waals surface area contributed by atoms with Crippen LogP contribution in [0, 0.1) is 5.82 Å². The van der Waals surface area contributed by atoms with Gasteiger partial charge in [-0.2, -0.15) is 5.10 Å². The zero-order valence-electron chi connectivity index (χ0n) is 15.5. The first-order valence-corrected chi connectivity index (χ1v) is 9.82. The van der Waals surface area contributed by atoms with E-state index in [1.807, 2.05) is 33.8 Å². The summed E-state index contributed by atoms with van der Waals surface area (Å²) in [5.74, 6) is -0.0742. The number of carbonyl (C=O) groups excluding carboxylic acids is 1. The molecule has 1 aromatic heterocycles. The van der Waals surface area contributed by atoms with E-state index in [-0.39, 0.29) is 11.7 Å². The molecule has 0 saturated carbocycles. The third-order valence-corrected chi connectivity index (χ3v) is 5.52. The van der Waals surface area contributed by atoms with E-state index in [4.69, 9.17) is 11.6 Å². The Hall–Kier alpha value is -2.44. The quantitative estimate of drug-likeness (QED) is 0.657. The van der Waals surface area contributed by atoms with Crippen LogP contribution in [0.15, 0.2) is 48.7 Å². The lowest BCUT2D eigenvalue weighted by molar-refractivity contribution is -0.133. The standard InChI is InChI=1S/C21H22ClFN4O/c22-19-5-2-6-20-18(19)14-24-27(20)8-7-21(28)26-11-9-25(10-12-26)15-16-3-1-4-17(23)13-16/h1-6,13-14H,7-12,15H2. The number of benzene rings is 2. The molecule has 1 saturated heterocycles. The van der Waals surface area contributed by atoms with Gasteiger partial charge >= 0.3 is 0 Å². The number of nitrogens with zero attached hydrogens (tertiary/aromatic N) is 4. The number of carbonyl (C=O) groups is 1. The van der Waals surface area contributed by atoms with Gasteiger partial charge in [-0.15, -0.1) is 0 Å². The number of aromatic nitrogens is 2. The minimum atomic E-state index is -0.209. The van der Waals surface area contributed by atoms with E-state index < -0.39 is 0 Å². The summed E-state index contributed by atoms with van der Waals surface area (Å²) in [5, 5.41) is 5.94. The maximum atomic E-state index is 13.3. The lowest BCUT2D eigenvalue weighted by Crippen LogP contribution is -2.48. The second kappa shape index (κ2) is 8.29. The van der Waals surface area contributed by atoms with Gasteiger partial charge in [0.2, 0.25) is 5.91 Å². The molecular weight excluding hydrogens is 379 g/mol. The van der Waals surface area contributed by atoms with Crippen molar-refractivity contribution in [2.45, 2.75) is 19.5 Å². The van der Waals surface area contributed by atoms with Crippen LogP contribution in [0.3, 0.4) is 0 Å². The molecule has 1 fully saturated rings. The van der Waals surface area contributed by atoms with Crippen molar-refractivity contribution in [3.63, 3.8) is 0 Å². The van der Waals surface area contributed by atoms with Gasteiger partial charge in [0.25, 0.3) is 0 Å². The molecule has 28 heavy (non-hydrogen) atoms. The summed E-state index contributed by atoms with van der Waals surface area (Å²) >= 11 is 6.18. The number of halogens is 2. The largest absolute Gasteiger partial charge is 0.340 e. The first kappa shape index (κ1) is 18.9. The Kier molecular flexibility index (Phi) is 5.59. The number of piperazine rings is 1. The van der Waals surface area contributed by atoms with Crippen LogP contribution in [0.25, 0.3) is 10.9 Å².